The van der Waals surface area contributed by atoms with E-state index in [4.69, 9.17) is 0 Å². The Hall–Kier alpha value is -2.95. The number of halogens is 2. The first kappa shape index (κ1) is 28.1. The Kier molecular flexibility index (Phi) is 9.40. The van der Waals surface area contributed by atoms with Gasteiger partial charge in [0.05, 0.1) is 12.2 Å². The lowest BCUT2D eigenvalue weighted by Gasteiger charge is -2.39. The summed E-state index contributed by atoms with van der Waals surface area (Å²) in [5, 5.41) is 9.59. The molecule has 0 spiro atoms. The van der Waals surface area contributed by atoms with Gasteiger partial charge in [-0.05, 0) is 101 Å². The maximum atomic E-state index is 12.4. The summed E-state index contributed by atoms with van der Waals surface area (Å²) in [6.45, 7) is 4.96. The molecule has 0 bridgehead atoms. The summed E-state index contributed by atoms with van der Waals surface area (Å²) in [5.41, 5.74) is 10.4. The second-order valence-electron chi connectivity index (χ2n) is 10.5. The highest BCUT2D eigenvalue weighted by atomic mass is 35.5. The van der Waals surface area contributed by atoms with Gasteiger partial charge in [0.25, 0.3) is 0 Å². The van der Waals surface area contributed by atoms with E-state index < -0.39 is 5.97 Å². The third-order valence-electron chi connectivity index (χ3n) is 7.93. The van der Waals surface area contributed by atoms with E-state index >= 15 is 0 Å². The number of carboxylic acids is 1. The molecule has 3 nitrogen and oxygen atoms in total. The van der Waals surface area contributed by atoms with Crippen molar-refractivity contribution in [1.82, 2.24) is 4.90 Å². The molecule has 0 saturated carbocycles. The van der Waals surface area contributed by atoms with Gasteiger partial charge in [0.15, 0.2) is 0 Å². The fourth-order valence-electron chi connectivity index (χ4n) is 6.06. The zero-order valence-corrected chi connectivity index (χ0v) is 22.9. The number of alkyl halides is 1. The van der Waals surface area contributed by atoms with Gasteiger partial charge in [-0.2, -0.15) is 0 Å². The molecular formula is C33H37ClFNO2. The molecule has 5 heteroatoms. The Balaban J connectivity index is 0.00000336. The van der Waals surface area contributed by atoms with Crippen LogP contribution in [-0.4, -0.2) is 42.3 Å². The molecule has 5 rings (SSSR count). The van der Waals surface area contributed by atoms with Crippen molar-refractivity contribution in [2.75, 3.05) is 26.3 Å². The van der Waals surface area contributed by atoms with Crippen molar-refractivity contribution in [2.45, 2.75) is 45.4 Å². The summed E-state index contributed by atoms with van der Waals surface area (Å²) in [5.74, 6) is -0.234. The minimum atomic E-state index is -0.877. The van der Waals surface area contributed by atoms with Crippen LogP contribution in [0.5, 0.6) is 0 Å². The molecule has 200 valence electrons. The number of fused-ring (bicyclic) bond motifs is 1. The molecule has 1 N–H and O–H groups in total. The number of aryl methyl sites for hydroxylation is 2. The smallest absolute Gasteiger partial charge is 0.335 e. The molecule has 1 aliphatic carbocycles. The molecule has 0 radical (unpaired) electrons. The number of benzene rings is 3. The number of rotatable bonds is 9. The molecule has 38 heavy (non-hydrogen) atoms. The van der Waals surface area contributed by atoms with E-state index in [2.05, 4.69) is 60.4 Å². The van der Waals surface area contributed by atoms with Crippen LogP contribution in [0.4, 0.5) is 4.39 Å². The van der Waals surface area contributed by atoms with E-state index in [0.29, 0.717) is 17.9 Å². The number of likely N-dealkylation sites (tertiary alicyclic amines) is 1. The van der Waals surface area contributed by atoms with Crippen LogP contribution in [0.15, 0.2) is 66.7 Å². The molecule has 1 heterocycles. The molecule has 3 aromatic rings. The summed E-state index contributed by atoms with van der Waals surface area (Å²) in [6, 6.07) is 23.3. The summed E-state index contributed by atoms with van der Waals surface area (Å²) in [7, 11) is 0. The lowest BCUT2D eigenvalue weighted by Crippen LogP contribution is -2.47. The lowest BCUT2D eigenvalue weighted by atomic mass is 9.84. The highest BCUT2D eigenvalue weighted by Gasteiger charge is 2.26. The minimum Gasteiger partial charge on any atom is -0.478 e. The maximum absolute atomic E-state index is 12.4. The molecular weight excluding hydrogens is 497 g/mol. The first-order valence-corrected chi connectivity index (χ1v) is 13.6. The number of nitrogens with zero attached hydrogens (tertiary/aromatic N) is 1. The topological polar surface area (TPSA) is 40.5 Å². The van der Waals surface area contributed by atoms with Crippen LogP contribution in [0.2, 0.25) is 0 Å². The molecule has 1 aliphatic heterocycles. The summed E-state index contributed by atoms with van der Waals surface area (Å²) < 4.78 is 12.4. The van der Waals surface area contributed by atoms with Gasteiger partial charge in [-0.3, -0.25) is 4.39 Å². The third kappa shape index (κ3) is 6.03. The second kappa shape index (κ2) is 12.7. The third-order valence-corrected chi connectivity index (χ3v) is 7.93. The van der Waals surface area contributed by atoms with Gasteiger partial charge in [-0.15, -0.1) is 12.4 Å². The largest absolute Gasteiger partial charge is 0.478 e. The Labute approximate surface area is 231 Å². The van der Waals surface area contributed by atoms with Crippen LogP contribution < -0.4 is 0 Å². The van der Waals surface area contributed by atoms with Crippen molar-refractivity contribution in [1.29, 1.82) is 0 Å². The Bertz CT molecular complexity index is 1290. The SMILES string of the molecule is CCc1ccccc1C1=C(c2ccc(CC3CN(CCCF)C3)cc2)c2ccc(C(=O)O)cc2CCC1.Cl. The average Bonchev–Trinajstić information content (AvgIpc) is 3.09. The number of allylic oxidation sites excluding steroid dienone is 1. The normalized spacial score (nSPS) is 15.8. The standard InChI is InChI=1S/C33H36FNO2.ClH/c1-2-25-7-3-4-9-29(25)31-10-5-8-27-20-28(33(36)37)15-16-30(27)32(31)26-13-11-23(12-14-26)19-24-21-35(22-24)18-6-17-34;/h3-4,7,9,11-16,20,24H,2,5-6,8,10,17-19,21-22H2,1H3,(H,36,37);1H. The van der Waals surface area contributed by atoms with Crippen molar-refractivity contribution in [3.05, 3.63) is 106 Å². The highest BCUT2D eigenvalue weighted by Crippen LogP contribution is 2.41. The lowest BCUT2D eigenvalue weighted by molar-refractivity contribution is 0.0696. The molecule has 0 atom stereocenters. The van der Waals surface area contributed by atoms with Gasteiger partial charge in [0.1, 0.15) is 0 Å². The van der Waals surface area contributed by atoms with E-state index in [9.17, 15) is 14.3 Å². The Morgan fingerprint density at radius 2 is 1.76 bits per heavy atom. The number of carbonyl (C=O) groups is 1. The van der Waals surface area contributed by atoms with Crippen molar-refractivity contribution >= 4 is 29.5 Å². The van der Waals surface area contributed by atoms with Gasteiger partial charge < -0.3 is 10.0 Å². The van der Waals surface area contributed by atoms with Crippen molar-refractivity contribution in [3.8, 4) is 0 Å². The first-order chi connectivity index (χ1) is 18.1. The maximum Gasteiger partial charge on any atom is 0.335 e. The zero-order chi connectivity index (χ0) is 25.8. The van der Waals surface area contributed by atoms with Crippen LogP contribution in [0.1, 0.15) is 69.9 Å². The van der Waals surface area contributed by atoms with Crippen LogP contribution in [-0.2, 0) is 19.3 Å². The molecule has 1 fully saturated rings. The Morgan fingerprint density at radius 1 is 1.00 bits per heavy atom. The predicted octanol–water partition coefficient (Wildman–Crippen LogP) is 7.50. The van der Waals surface area contributed by atoms with Crippen LogP contribution in [0, 0.1) is 5.92 Å². The second-order valence-corrected chi connectivity index (χ2v) is 10.5. The van der Waals surface area contributed by atoms with Gasteiger partial charge in [-0.1, -0.05) is 61.5 Å². The monoisotopic (exact) mass is 533 g/mol. The quantitative estimate of drug-likeness (QED) is 0.309. The zero-order valence-electron chi connectivity index (χ0n) is 22.1. The molecule has 2 aliphatic rings. The molecule has 3 aromatic carbocycles. The summed E-state index contributed by atoms with van der Waals surface area (Å²) in [6.07, 6.45) is 5.48. The van der Waals surface area contributed by atoms with Crippen molar-refractivity contribution < 1.29 is 14.3 Å². The van der Waals surface area contributed by atoms with Gasteiger partial charge in [0, 0.05) is 19.6 Å². The minimum absolute atomic E-state index is 0. The average molecular weight is 534 g/mol. The number of hydrogen-bond donors (Lipinski definition) is 1. The predicted molar refractivity (Wildman–Crippen MR) is 156 cm³/mol. The van der Waals surface area contributed by atoms with Gasteiger partial charge >= 0.3 is 5.97 Å². The van der Waals surface area contributed by atoms with Crippen LogP contribution in [0.3, 0.4) is 0 Å². The van der Waals surface area contributed by atoms with Crippen LogP contribution in [0.25, 0.3) is 11.1 Å². The fourth-order valence-corrected chi connectivity index (χ4v) is 6.06. The molecule has 0 amide bonds. The van der Waals surface area contributed by atoms with Crippen molar-refractivity contribution in [3.63, 3.8) is 0 Å². The first-order valence-electron chi connectivity index (χ1n) is 13.6. The molecule has 0 unspecified atom stereocenters. The van der Waals surface area contributed by atoms with E-state index in [-0.39, 0.29) is 19.1 Å². The van der Waals surface area contributed by atoms with Gasteiger partial charge in [0.2, 0.25) is 0 Å². The summed E-state index contributed by atoms with van der Waals surface area (Å²) in [4.78, 5) is 14.0. The number of hydrogen-bond acceptors (Lipinski definition) is 2. The van der Waals surface area contributed by atoms with Gasteiger partial charge in [-0.25, -0.2) is 4.79 Å². The molecule has 0 aromatic heterocycles. The van der Waals surface area contributed by atoms with Crippen LogP contribution >= 0.6 is 12.4 Å². The molecule has 1 saturated heterocycles. The van der Waals surface area contributed by atoms with Crippen molar-refractivity contribution in [2.24, 2.45) is 5.92 Å². The van der Waals surface area contributed by atoms with E-state index in [1.807, 2.05) is 12.1 Å². The van der Waals surface area contributed by atoms with E-state index in [1.54, 1.807) is 6.07 Å². The number of aromatic carboxylic acids is 1. The van der Waals surface area contributed by atoms with E-state index in [0.717, 1.165) is 62.9 Å². The Morgan fingerprint density at radius 3 is 2.47 bits per heavy atom. The van der Waals surface area contributed by atoms with E-state index in [1.165, 1.54) is 33.4 Å². The highest BCUT2D eigenvalue weighted by molar-refractivity contribution is 6.01. The fraction of sp³-hybridized carbons (Fsp3) is 0.364. The summed E-state index contributed by atoms with van der Waals surface area (Å²) >= 11 is 0. The number of carboxylic acid groups (broad SMARTS) is 1.